The molecule has 1 atom stereocenters. The Morgan fingerprint density at radius 2 is 2.33 bits per heavy atom. The zero-order valence-electron chi connectivity index (χ0n) is 9.58. The number of aryl methyl sites for hydroxylation is 1. The molecule has 0 spiro atoms. The third-order valence-corrected chi connectivity index (χ3v) is 2.38. The molecule has 0 fully saturated rings. The predicted octanol–water partition coefficient (Wildman–Crippen LogP) is 1.96. The van der Waals surface area contributed by atoms with E-state index >= 15 is 0 Å². The van der Waals surface area contributed by atoms with Gasteiger partial charge in [-0.25, -0.2) is 0 Å². The molecule has 82 valence electrons. The Hall–Kier alpha value is -1.22. The van der Waals surface area contributed by atoms with E-state index in [4.69, 9.17) is 0 Å². The number of pyridine rings is 1. The maximum absolute atomic E-state index is 11.9. The van der Waals surface area contributed by atoms with Crippen molar-refractivity contribution in [1.29, 1.82) is 0 Å². The van der Waals surface area contributed by atoms with Gasteiger partial charge in [-0.3, -0.25) is 9.78 Å². The first-order valence-electron chi connectivity index (χ1n) is 5.32. The van der Waals surface area contributed by atoms with Crippen LogP contribution >= 0.6 is 0 Å². The zero-order valence-corrected chi connectivity index (χ0v) is 9.58. The van der Waals surface area contributed by atoms with Gasteiger partial charge in [-0.05, 0) is 32.0 Å². The monoisotopic (exact) mass is 206 g/mol. The number of aromatic nitrogens is 1. The molecule has 15 heavy (non-hydrogen) atoms. The van der Waals surface area contributed by atoms with Crippen molar-refractivity contribution in [3.05, 3.63) is 29.6 Å². The van der Waals surface area contributed by atoms with Gasteiger partial charge >= 0.3 is 0 Å². The summed E-state index contributed by atoms with van der Waals surface area (Å²) in [6, 6.07) is 2.09. The van der Waals surface area contributed by atoms with E-state index in [1.165, 1.54) is 0 Å². The van der Waals surface area contributed by atoms with Crippen LogP contribution in [0.25, 0.3) is 0 Å². The van der Waals surface area contributed by atoms with Crippen LogP contribution in [-0.2, 0) is 0 Å². The van der Waals surface area contributed by atoms with Gasteiger partial charge in [0.2, 0.25) is 0 Å². The van der Waals surface area contributed by atoms with Crippen LogP contribution in [0.15, 0.2) is 18.5 Å². The average Bonchev–Trinajstić information content (AvgIpc) is 2.18. The highest BCUT2D eigenvalue weighted by atomic mass is 16.1. The Labute approximate surface area is 90.9 Å². The lowest BCUT2D eigenvalue weighted by Crippen LogP contribution is -2.28. The maximum Gasteiger partial charge on any atom is 0.166 e. The van der Waals surface area contributed by atoms with E-state index in [0.29, 0.717) is 6.42 Å². The molecule has 0 aliphatic carbocycles. The number of hydrogen-bond acceptors (Lipinski definition) is 3. The molecule has 1 aromatic rings. The molecule has 0 aromatic carbocycles. The van der Waals surface area contributed by atoms with Crippen molar-refractivity contribution in [3.63, 3.8) is 0 Å². The van der Waals surface area contributed by atoms with E-state index in [2.05, 4.69) is 10.3 Å². The van der Waals surface area contributed by atoms with Gasteiger partial charge in [0.25, 0.3) is 0 Å². The van der Waals surface area contributed by atoms with Crippen molar-refractivity contribution < 1.29 is 4.79 Å². The number of nitrogens with zero attached hydrogens (tertiary/aromatic N) is 1. The van der Waals surface area contributed by atoms with Crippen LogP contribution in [0.3, 0.4) is 0 Å². The first kappa shape index (κ1) is 11.9. The predicted molar refractivity (Wildman–Crippen MR) is 61.1 cm³/mol. The lowest BCUT2D eigenvalue weighted by molar-refractivity contribution is 0.0971. The summed E-state index contributed by atoms with van der Waals surface area (Å²) in [5, 5.41) is 3.22. The second-order valence-corrected chi connectivity index (χ2v) is 3.78. The average molecular weight is 206 g/mol. The van der Waals surface area contributed by atoms with Crippen LogP contribution in [0.1, 0.15) is 36.2 Å². The fourth-order valence-corrected chi connectivity index (χ4v) is 1.56. The number of carbonyl (C=O) groups excluding carboxylic acids is 1. The van der Waals surface area contributed by atoms with Gasteiger partial charge < -0.3 is 5.32 Å². The van der Waals surface area contributed by atoms with Gasteiger partial charge in [-0.15, -0.1) is 0 Å². The van der Waals surface area contributed by atoms with E-state index < -0.39 is 0 Å². The highest BCUT2D eigenvalue weighted by Gasteiger charge is 2.12. The molecule has 0 saturated heterocycles. The van der Waals surface area contributed by atoms with Gasteiger partial charge in [0.05, 0.1) is 0 Å². The SMILES string of the molecule is CCNC(C)CC(=O)c1cnccc1C. The number of nitrogens with one attached hydrogen (secondary N) is 1. The van der Waals surface area contributed by atoms with Crippen molar-refractivity contribution in [2.45, 2.75) is 33.2 Å². The van der Waals surface area contributed by atoms with Crippen molar-refractivity contribution >= 4 is 5.78 Å². The fourth-order valence-electron chi connectivity index (χ4n) is 1.56. The summed E-state index contributed by atoms with van der Waals surface area (Å²) in [6.07, 6.45) is 3.89. The second kappa shape index (κ2) is 5.61. The minimum Gasteiger partial charge on any atom is -0.314 e. The number of carbonyl (C=O) groups is 1. The minimum atomic E-state index is 0.161. The van der Waals surface area contributed by atoms with Crippen LogP contribution in [0.2, 0.25) is 0 Å². The second-order valence-electron chi connectivity index (χ2n) is 3.78. The molecule has 3 heteroatoms. The third kappa shape index (κ3) is 3.44. The summed E-state index contributed by atoms with van der Waals surface area (Å²) in [5.41, 5.74) is 1.74. The largest absolute Gasteiger partial charge is 0.314 e. The van der Waals surface area contributed by atoms with Crippen LogP contribution in [-0.4, -0.2) is 23.4 Å². The van der Waals surface area contributed by atoms with Gasteiger partial charge in [-0.2, -0.15) is 0 Å². The first-order chi connectivity index (χ1) is 7.15. The van der Waals surface area contributed by atoms with Gasteiger partial charge in [0, 0.05) is 30.4 Å². The topological polar surface area (TPSA) is 42.0 Å². The maximum atomic E-state index is 11.9. The summed E-state index contributed by atoms with van der Waals surface area (Å²) in [7, 11) is 0. The Kier molecular flexibility index (Phi) is 4.43. The Bertz CT molecular complexity index is 336. The molecular weight excluding hydrogens is 188 g/mol. The number of Topliss-reactive ketones (excluding diaryl/α,β-unsaturated/α-hetero) is 1. The molecule has 0 aliphatic rings. The molecule has 0 amide bonds. The Balaban J connectivity index is 2.65. The molecule has 1 unspecified atom stereocenters. The van der Waals surface area contributed by atoms with Crippen LogP contribution in [0.5, 0.6) is 0 Å². The lowest BCUT2D eigenvalue weighted by Gasteiger charge is -2.11. The summed E-state index contributed by atoms with van der Waals surface area (Å²) in [6.45, 7) is 6.89. The molecule has 1 aromatic heterocycles. The molecule has 1 N–H and O–H groups in total. The summed E-state index contributed by atoms with van der Waals surface area (Å²) < 4.78 is 0. The first-order valence-corrected chi connectivity index (χ1v) is 5.32. The van der Waals surface area contributed by atoms with E-state index in [0.717, 1.165) is 17.7 Å². The number of hydrogen-bond donors (Lipinski definition) is 1. The Morgan fingerprint density at radius 3 is 2.93 bits per heavy atom. The van der Waals surface area contributed by atoms with Crippen molar-refractivity contribution in [2.75, 3.05) is 6.54 Å². The third-order valence-electron chi connectivity index (χ3n) is 2.38. The minimum absolute atomic E-state index is 0.161. The molecule has 0 aliphatic heterocycles. The van der Waals surface area contributed by atoms with Crippen LogP contribution in [0.4, 0.5) is 0 Å². The molecule has 0 radical (unpaired) electrons. The highest BCUT2D eigenvalue weighted by Crippen LogP contribution is 2.09. The lowest BCUT2D eigenvalue weighted by atomic mass is 10.0. The van der Waals surface area contributed by atoms with Crippen LogP contribution < -0.4 is 5.32 Å². The molecule has 1 rings (SSSR count). The molecule has 1 heterocycles. The van der Waals surface area contributed by atoms with Gasteiger partial charge in [0.1, 0.15) is 0 Å². The molecule has 0 bridgehead atoms. The van der Waals surface area contributed by atoms with E-state index in [9.17, 15) is 4.79 Å². The number of rotatable bonds is 5. The van der Waals surface area contributed by atoms with E-state index in [1.54, 1.807) is 12.4 Å². The summed E-state index contributed by atoms with van der Waals surface area (Å²) >= 11 is 0. The molecular formula is C12H18N2O. The highest BCUT2D eigenvalue weighted by molar-refractivity contribution is 5.97. The van der Waals surface area contributed by atoms with Crippen molar-refractivity contribution in [1.82, 2.24) is 10.3 Å². The van der Waals surface area contributed by atoms with E-state index in [1.807, 2.05) is 26.8 Å². The number of ketones is 1. The fraction of sp³-hybridized carbons (Fsp3) is 0.500. The van der Waals surface area contributed by atoms with E-state index in [-0.39, 0.29) is 11.8 Å². The van der Waals surface area contributed by atoms with Crippen molar-refractivity contribution in [2.24, 2.45) is 0 Å². The molecule has 0 saturated carbocycles. The van der Waals surface area contributed by atoms with Gasteiger partial charge in [-0.1, -0.05) is 6.92 Å². The van der Waals surface area contributed by atoms with Crippen LogP contribution in [0, 0.1) is 6.92 Å². The summed E-state index contributed by atoms with van der Waals surface area (Å²) in [5.74, 6) is 0.161. The normalized spacial score (nSPS) is 12.5. The van der Waals surface area contributed by atoms with Gasteiger partial charge in [0.15, 0.2) is 5.78 Å². The molecule has 3 nitrogen and oxygen atoms in total. The quantitative estimate of drug-likeness (QED) is 0.749. The standard InChI is InChI=1S/C12H18N2O/c1-4-14-10(3)7-12(15)11-8-13-6-5-9(11)2/h5-6,8,10,14H,4,7H2,1-3H3. The van der Waals surface area contributed by atoms with Crippen molar-refractivity contribution in [3.8, 4) is 0 Å². The zero-order chi connectivity index (χ0) is 11.3. The Morgan fingerprint density at radius 1 is 1.60 bits per heavy atom. The summed E-state index contributed by atoms with van der Waals surface area (Å²) in [4.78, 5) is 15.8. The smallest absolute Gasteiger partial charge is 0.166 e.